The number of thiazole rings is 1. The molecule has 0 radical (unpaired) electrons. The van der Waals surface area contributed by atoms with E-state index in [1.165, 1.54) is 25.9 Å². The van der Waals surface area contributed by atoms with Crippen LogP contribution in [0.25, 0.3) is 0 Å². The molecule has 0 N–H and O–H groups in total. The normalized spacial score (nSPS) is 21.2. The van der Waals surface area contributed by atoms with Crippen molar-refractivity contribution in [1.29, 1.82) is 5.26 Å². The van der Waals surface area contributed by atoms with Crippen LogP contribution in [0.15, 0.2) is 0 Å². The molecule has 1 saturated heterocycles. The number of rotatable bonds is 3. The van der Waals surface area contributed by atoms with Crippen molar-refractivity contribution in [2.24, 2.45) is 5.92 Å². The van der Waals surface area contributed by atoms with E-state index in [1.54, 1.807) is 11.3 Å². The van der Waals surface area contributed by atoms with E-state index in [-0.39, 0.29) is 0 Å². The zero-order valence-electron chi connectivity index (χ0n) is 11.4. The van der Waals surface area contributed by atoms with Crippen molar-refractivity contribution in [3.63, 3.8) is 0 Å². The predicted molar refractivity (Wildman–Crippen MR) is 74.6 cm³/mol. The molecule has 1 atom stereocenters. The van der Waals surface area contributed by atoms with Crippen molar-refractivity contribution >= 4 is 11.3 Å². The van der Waals surface area contributed by atoms with Gasteiger partial charge in [-0.25, -0.2) is 4.98 Å². The van der Waals surface area contributed by atoms with Gasteiger partial charge in [-0.2, -0.15) is 5.26 Å². The summed E-state index contributed by atoms with van der Waals surface area (Å²) in [5, 5.41) is 10.2. The minimum absolute atomic E-state index is 0.338. The zero-order chi connectivity index (χ0) is 13.1. The van der Waals surface area contributed by atoms with Crippen molar-refractivity contribution < 1.29 is 0 Å². The van der Waals surface area contributed by atoms with E-state index in [4.69, 9.17) is 5.26 Å². The van der Waals surface area contributed by atoms with Gasteiger partial charge < -0.3 is 0 Å². The fraction of sp³-hybridized carbons (Fsp3) is 0.714. The number of aromatic nitrogens is 1. The summed E-state index contributed by atoms with van der Waals surface area (Å²) >= 11 is 1.57. The lowest BCUT2D eigenvalue weighted by molar-refractivity contribution is 0.176. The molecule has 3 nitrogen and oxygen atoms in total. The van der Waals surface area contributed by atoms with E-state index in [0.29, 0.717) is 5.92 Å². The maximum atomic E-state index is 9.14. The maximum absolute atomic E-state index is 9.14. The third-order valence-corrected chi connectivity index (χ3v) is 4.41. The van der Waals surface area contributed by atoms with Crippen LogP contribution in [-0.4, -0.2) is 23.0 Å². The summed E-state index contributed by atoms with van der Waals surface area (Å²) in [5.74, 6) is 1.13. The molecule has 0 saturated carbocycles. The summed E-state index contributed by atoms with van der Waals surface area (Å²) in [5.41, 5.74) is 0.975. The van der Waals surface area contributed by atoms with Crippen LogP contribution in [0.1, 0.15) is 55.1 Å². The van der Waals surface area contributed by atoms with Gasteiger partial charge in [-0.1, -0.05) is 20.8 Å². The number of likely N-dealkylation sites (tertiary alicyclic amines) is 1. The van der Waals surface area contributed by atoms with Crippen molar-refractivity contribution in [1.82, 2.24) is 9.88 Å². The minimum Gasteiger partial charge on any atom is -0.296 e. The Balaban J connectivity index is 2.08. The molecule has 1 aromatic heterocycles. The molecule has 2 rings (SSSR count). The number of hydrogen-bond donors (Lipinski definition) is 0. The Hall–Kier alpha value is -0.920. The first-order valence-corrected chi connectivity index (χ1v) is 7.54. The third kappa shape index (κ3) is 3.09. The topological polar surface area (TPSA) is 39.9 Å². The van der Waals surface area contributed by atoms with Crippen LogP contribution in [0.5, 0.6) is 0 Å². The van der Waals surface area contributed by atoms with Gasteiger partial charge in [0.25, 0.3) is 0 Å². The van der Waals surface area contributed by atoms with E-state index >= 15 is 0 Å². The van der Waals surface area contributed by atoms with Gasteiger partial charge in [0.15, 0.2) is 0 Å². The Morgan fingerprint density at radius 3 is 2.89 bits per heavy atom. The highest BCUT2D eigenvalue weighted by molar-refractivity contribution is 7.12. The molecule has 1 aromatic rings. The SMILES string of the molecule is CC1CCCN(Cc2nc(C(C)C)c(C#N)s2)C1. The maximum Gasteiger partial charge on any atom is 0.128 e. The smallest absolute Gasteiger partial charge is 0.128 e. The third-order valence-electron chi connectivity index (χ3n) is 3.45. The highest BCUT2D eigenvalue weighted by Gasteiger charge is 2.19. The first-order chi connectivity index (χ1) is 8.60. The van der Waals surface area contributed by atoms with Crippen LogP contribution in [-0.2, 0) is 6.54 Å². The molecule has 18 heavy (non-hydrogen) atoms. The van der Waals surface area contributed by atoms with Gasteiger partial charge in [-0.15, -0.1) is 11.3 Å². The van der Waals surface area contributed by atoms with Gasteiger partial charge in [0.2, 0.25) is 0 Å². The molecule has 4 heteroatoms. The summed E-state index contributed by atoms with van der Waals surface area (Å²) in [4.78, 5) is 7.92. The first kappa shape index (κ1) is 13.5. The highest BCUT2D eigenvalue weighted by atomic mass is 32.1. The molecule has 1 fully saturated rings. The fourth-order valence-corrected chi connectivity index (χ4v) is 3.60. The molecule has 2 heterocycles. The molecule has 98 valence electrons. The summed E-state index contributed by atoms with van der Waals surface area (Å²) in [7, 11) is 0. The van der Waals surface area contributed by atoms with Gasteiger partial charge in [-0.3, -0.25) is 4.90 Å². The Bertz CT molecular complexity index is 444. The Morgan fingerprint density at radius 1 is 1.56 bits per heavy atom. The number of nitrogens with zero attached hydrogens (tertiary/aromatic N) is 3. The lowest BCUT2D eigenvalue weighted by Crippen LogP contribution is -2.33. The van der Waals surface area contributed by atoms with Gasteiger partial charge >= 0.3 is 0 Å². The van der Waals surface area contributed by atoms with Crippen LogP contribution < -0.4 is 0 Å². The zero-order valence-corrected chi connectivity index (χ0v) is 12.3. The van der Waals surface area contributed by atoms with Crippen molar-refractivity contribution in [2.75, 3.05) is 13.1 Å². The molecular weight excluding hydrogens is 242 g/mol. The largest absolute Gasteiger partial charge is 0.296 e. The van der Waals surface area contributed by atoms with E-state index in [0.717, 1.165) is 28.0 Å². The van der Waals surface area contributed by atoms with Crippen molar-refractivity contribution in [2.45, 2.75) is 46.1 Å². The van der Waals surface area contributed by atoms with E-state index < -0.39 is 0 Å². The second-order valence-electron chi connectivity index (χ2n) is 5.57. The molecule has 0 spiro atoms. The standard InChI is InChI=1S/C14H21N3S/c1-10(2)14-12(7-15)18-13(16-14)9-17-6-4-5-11(3)8-17/h10-11H,4-6,8-9H2,1-3H3. The van der Waals surface area contributed by atoms with E-state index in [9.17, 15) is 0 Å². The number of piperidine rings is 1. The monoisotopic (exact) mass is 263 g/mol. The van der Waals surface area contributed by atoms with Crippen LogP contribution in [0.4, 0.5) is 0 Å². The molecular formula is C14H21N3S. The summed E-state index contributed by atoms with van der Waals surface area (Å²) in [6, 6.07) is 2.28. The van der Waals surface area contributed by atoms with Gasteiger partial charge in [0, 0.05) is 6.54 Å². The predicted octanol–water partition coefficient (Wildman–Crippen LogP) is 3.37. The molecule has 0 aliphatic carbocycles. The summed E-state index contributed by atoms with van der Waals surface area (Å²) in [6.07, 6.45) is 2.63. The van der Waals surface area contributed by atoms with Crippen LogP contribution in [0.3, 0.4) is 0 Å². The average Bonchev–Trinajstić information content (AvgIpc) is 2.72. The molecule has 0 aromatic carbocycles. The average molecular weight is 263 g/mol. The highest BCUT2D eigenvalue weighted by Crippen LogP contribution is 2.26. The fourth-order valence-electron chi connectivity index (χ4n) is 2.54. The summed E-state index contributed by atoms with van der Waals surface area (Å²) in [6.45, 7) is 9.76. The van der Waals surface area contributed by atoms with Crippen LogP contribution >= 0.6 is 11.3 Å². The Labute approximate surface area is 113 Å². The molecule has 1 aliphatic rings. The first-order valence-electron chi connectivity index (χ1n) is 6.72. The van der Waals surface area contributed by atoms with Crippen molar-refractivity contribution in [3.05, 3.63) is 15.6 Å². The Kier molecular flexibility index (Phi) is 4.36. The van der Waals surface area contributed by atoms with E-state index in [2.05, 4.69) is 36.7 Å². The van der Waals surface area contributed by atoms with E-state index in [1.807, 2.05) is 0 Å². The lowest BCUT2D eigenvalue weighted by Gasteiger charge is -2.29. The second-order valence-corrected chi connectivity index (χ2v) is 6.65. The van der Waals surface area contributed by atoms with Gasteiger partial charge in [0.05, 0.1) is 12.2 Å². The van der Waals surface area contributed by atoms with Gasteiger partial charge in [0.1, 0.15) is 16.0 Å². The lowest BCUT2D eigenvalue weighted by atomic mass is 10.0. The molecule has 1 unspecified atom stereocenters. The summed E-state index contributed by atoms with van der Waals surface area (Å²) < 4.78 is 0. The van der Waals surface area contributed by atoms with Crippen LogP contribution in [0.2, 0.25) is 0 Å². The van der Waals surface area contributed by atoms with Crippen LogP contribution in [0, 0.1) is 17.2 Å². The molecule has 0 amide bonds. The van der Waals surface area contributed by atoms with Crippen molar-refractivity contribution in [3.8, 4) is 6.07 Å². The minimum atomic E-state index is 0.338. The number of nitriles is 1. The number of hydrogen-bond acceptors (Lipinski definition) is 4. The molecule has 0 bridgehead atoms. The second kappa shape index (κ2) is 5.81. The molecule has 1 aliphatic heterocycles. The van der Waals surface area contributed by atoms with Gasteiger partial charge in [-0.05, 0) is 31.2 Å². The Morgan fingerprint density at radius 2 is 2.33 bits per heavy atom. The quantitative estimate of drug-likeness (QED) is 0.839.